The number of primary amides is 1. The van der Waals surface area contributed by atoms with Crippen molar-refractivity contribution in [2.75, 3.05) is 0 Å². The molecule has 0 saturated carbocycles. The van der Waals surface area contributed by atoms with Gasteiger partial charge in [-0.1, -0.05) is 18.5 Å². The quantitative estimate of drug-likeness (QED) is 0.884. The van der Waals surface area contributed by atoms with Gasteiger partial charge >= 0.3 is 6.18 Å². The van der Waals surface area contributed by atoms with Gasteiger partial charge in [-0.25, -0.2) is 0 Å². The highest BCUT2D eigenvalue weighted by atomic mass is 35.5. The lowest BCUT2D eigenvalue weighted by atomic mass is 9.97. The first-order valence-corrected chi connectivity index (χ1v) is 5.30. The summed E-state index contributed by atoms with van der Waals surface area (Å²) >= 11 is 5.71. The van der Waals surface area contributed by atoms with Crippen LogP contribution < -0.4 is 11.5 Å². The van der Waals surface area contributed by atoms with Crippen LogP contribution in [0.4, 0.5) is 13.2 Å². The van der Waals surface area contributed by atoms with Crippen molar-refractivity contribution in [2.24, 2.45) is 11.5 Å². The Labute approximate surface area is 106 Å². The molecule has 100 valence electrons. The molecular formula is C10H11ClF3N3O. The third-order valence-electron chi connectivity index (χ3n) is 2.50. The van der Waals surface area contributed by atoms with Gasteiger partial charge in [-0.05, 0) is 6.07 Å². The molecule has 4 N–H and O–H groups in total. The summed E-state index contributed by atoms with van der Waals surface area (Å²) in [6, 6.07) is -0.319. The molecule has 0 aromatic carbocycles. The van der Waals surface area contributed by atoms with Gasteiger partial charge in [-0.2, -0.15) is 13.2 Å². The number of hydrogen-bond donors (Lipinski definition) is 2. The molecule has 1 aromatic rings. The lowest BCUT2D eigenvalue weighted by Gasteiger charge is -2.18. The van der Waals surface area contributed by atoms with Gasteiger partial charge < -0.3 is 11.5 Å². The molecule has 8 heteroatoms. The van der Waals surface area contributed by atoms with Crippen LogP contribution in [-0.2, 0) is 11.0 Å². The van der Waals surface area contributed by atoms with E-state index in [0.717, 1.165) is 6.07 Å². The van der Waals surface area contributed by atoms with E-state index in [0.29, 0.717) is 6.20 Å². The Morgan fingerprint density at radius 1 is 1.50 bits per heavy atom. The highest BCUT2D eigenvalue weighted by Gasteiger charge is 2.32. The first kappa shape index (κ1) is 14.7. The Hall–Kier alpha value is -1.34. The largest absolute Gasteiger partial charge is 0.417 e. The molecular weight excluding hydrogens is 271 g/mol. The van der Waals surface area contributed by atoms with Gasteiger partial charge in [0.1, 0.15) is 0 Å². The van der Waals surface area contributed by atoms with Crippen LogP contribution in [0.3, 0.4) is 0 Å². The van der Waals surface area contributed by atoms with Crippen LogP contribution >= 0.6 is 11.6 Å². The molecule has 0 fully saturated rings. The van der Waals surface area contributed by atoms with Crippen molar-refractivity contribution in [1.29, 1.82) is 0 Å². The molecule has 2 atom stereocenters. The molecule has 0 saturated heterocycles. The fourth-order valence-corrected chi connectivity index (χ4v) is 1.69. The van der Waals surface area contributed by atoms with E-state index in [-0.39, 0.29) is 10.7 Å². The third kappa shape index (κ3) is 3.11. The fourth-order valence-electron chi connectivity index (χ4n) is 1.36. The smallest absolute Gasteiger partial charge is 0.368 e. The molecule has 1 amide bonds. The number of nitrogens with two attached hydrogens (primary N) is 2. The van der Waals surface area contributed by atoms with Crippen LogP contribution in [0.1, 0.15) is 24.1 Å². The predicted octanol–water partition coefficient (Wildman–Crippen LogP) is 1.67. The van der Waals surface area contributed by atoms with Crippen LogP contribution in [0.25, 0.3) is 0 Å². The number of carbonyl (C=O) groups excluding carboxylic acids is 1. The van der Waals surface area contributed by atoms with Crippen LogP contribution in [0.5, 0.6) is 0 Å². The molecule has 0 aliphatic heterocycles. The van der Waals surface area contributed by atoms with Gasteiger partial charge in [0.25, 0.3) is 0 Å². The zero-order chi connectivity index (χ0) is 14.1. The van der Waals surface area contributed by atoms with Crippen molar-refractivity contribution in [3.63, 3.8) is 0 Å². The maximum Gasteiger partial charge on any atom is 0.417 e. The van der Waals surface area contributed by atoms with Crippen LogP contribution in [0.15, 0.2) is 12.3 Å². The Morgan fingerprint density at radius 2 is 2.06 bits per heavy atom. The fraction of sp³-hybridized carbons (Fsp3) is 0.400. The SMILES string of the molecule is CC(c1ncc(C(F)(F)F)cc1Cl)C(N)C(N)=O. The van der Waals surface area contributed by atoms with Gasteiger partial charge in [0.05, 0.1) is 22.3 Å². The highest BCUT2D eigenvalue weighted by Crippen LogP contribution is 2.33. The average Bonchev–Trinajstić information content (AvgIpc) is 2.25. The second kappa shape index (κ2) is 5.11. The number of aromatic nitrogens is 1. The van der Waals surface area contributed by atoms with Crippen molar-refractivity contribution in [2.45, 2.75) is 25.1 Å². The summed E-state index contributed by atoms with van der Waals surface area (Å²) in [5.41, 5.74) is 9.64. The predicted molar refractivity (Wildman–Crippen MR) is 59.8 cm³/mol. The molecule has 1 heterocycles. The minimum atomic E-state index is -4.52. The van der Waals surface area contributed by atoms with Crippen molar-refractivity contribution in [1.82, 2.24) is 4.98 Å². The molecule has 0 aliphatic carbocycles. The summed E-state index contributed by atoms with van der Waals surface area (Å²) in [5.74, 6) is -1.45. The second-order valence-corrected chi connectivity index (χ2v) is 4.21. The lowest BCUT2D eigenvalue weighted by molar-refractivity contribution is -0.137. The molecule has 0 bridgehead atoms. The molecule has 1 rings (SSSR count). The molecule has 18 heavy (non-hydrogen) atoms. The second-order valence-electron chi connectivity index (χ2n) is 3.81. The Balaban J connectivity index is 3.10. The average molecular weight is 282 g/mol. The molecule has 2 unspecified atom stereocenters. The van der Waals surface area contributed by atoms with Crippen molar-refractivity contribution in [3.8, 4) is 0 Å². The van der Waals surface area contributed by atoms with E-state index in [1.807, 2.05) is 0 Å². The van der Waals surface area contributed by atoms with Crippen molar-refractivity contribution in [3.05, 3.63) is 28.5 Å². The Kier molecular flexibility index (Phi) is 4.18. The van der Waals surface area contributed by atoms with Gasteiger partial charge in [-0.15, -0.1) is 0 Å². The van der Waals surface area contributed by atoms with Gasteiger partial charge in [-0.3, -0.25) is 9.78 Å². The van der Waals surface area contributed by atoms with Crippen LogP contribution in [0.2, 0.25) is 5.02 Å². The minimum Gasteiger partial charge on any atom is -0.368 e. The number of nitrogens with zero attached hydrogens (tertiary/aromatic N) is 1. The normalized spacial score (nSPS) is 15.2. The number of hydrogen-bond acceptors (Lipinski definition) is 3. The maximum atomic E-state index is 12.4. The van der Waals surface area contributed by atoms with Gasteiger partial charge in [0.2, 0.25) is 5.91 Å². The zero-order valence-corrected chi connectivity index (χ0v) is 10.1. The number of pyridine rings is 1. The van der Waals surface area contributed by atoms with Gasteiger partial charge in [0.15, 0.2) is 0 Å². The summed E-state index contributed by atoms with van der Waals surface area (Å²) in [6.07, 6.45) is -3.88. The van der Waals surface area contributed by atoms with Gasteiger partial charge in [0, 0.05) is 12.1 Å². The van der Waals surface area contributed by atoms with Crippen molar-refractivity contribution >= 4 is 17.5 Å². The van der Waals surface area contributed by atoms with Crippen molar-refractivity contribution < 1.29 is 18.0 Å². The van der Waals surface area contributed by atoms with E-state index in [9.17, 15) is 18.0 Å². The monoisotopic (exact) mass is 281 g/mol. The summed E-state index contributed by atoms with van der Waals surface area (Å²) in [5, 5.41) is -0.200. The maximum absolute atomic E-state index is 12.4. The number of alkyl halides is 3. The van der Waals surface area contributed by atoms with E-state index >= 15 is 0 Å². The van der Waals surface area contributed by atoms with Crippen LogP contribution in [0, 0.1) is 0 Å². The first-order chi connectivity index (χ1) is 8.14. The summed E-state index contributed by atoms with van der Waals surface area (Å²) in [7, 11) is 0. The molecule has 0 aliphatic rings. The zero-order valence-electron chi connectivity index (χ0n) is 9.33. The van der Waals surface area contributed by atoms with E-state index in [2.05, 4.69) is 4.98 Å². The van der Waals surface area contributed by atoms with E-state index < -0.39 is 29.6 Å². The molecule has 1 aromatic heterocycles. The Bertz CT molecular complexity index is 464. The highest BCUT2D eigenvalue weighted by molar-refractivity contribution is 6.31. The standard InChI is InChI=1S/C10H11ClF3N3O/c1-4(7(15)9(16)18)8-6(11)2-5(3-17-8)10(12,13)14/h2-4,7H,15H2,1H3,(H2,16,18). The number of rotatable bonds is 3. The summed E-state index contributed by atoms with van der Waals surface area (Å²) in [4.78, 5) is 14.5. The van der Waals surface area contributed by atoms with Crippen LogP contribution in [-0.4, -0.2) is 16.9 Å². The lowest BCUT2D eigenvalue weighted by Crippen LogP contribution is -2.40. The molecule has 0 spiro atoms. The Morgan fingerprint density at radius 3 is 2.44 bits per heavy atom. The number of amides is 1. The number of carbonyl (C=O) groups is 1. The van der Waals surface area contributed by atoms with E-state index in [1.54, 1.807) is 0 Å². The van der Waals surface area contributed by atoms with E-state index in [1.165, 1.54) is 6.92 Å². The summed E-state index contributed by atoms with van der Waals surface area (Å²) in [6.45, 7) is 1.51. The first-order valence-electron chi connectivity index (χ1n) is 4.92. The third-order valence-corrected chi connectivity index (χ3v) is 2.80. The molecule has 4 nitrogen and oxygen atoms in total. The topological polar surface area (TPSA) is 82.0 Å². The summed E-state index contributed by atoms with van der Waals surface area (Å²) < 4.78 is 37.2. The molecule has 0 radical (unpaired) electrons. The van der Waals surface area contributed by atoms with E-state index in [4.69, 9.17) is 23.1 Å². The minimum absolute atomic E-state index is 0.107. The number of halogens is 4.